The molecule has 0 aromatic carbocycles. The van der Waals surface area contributed by atoms with E-state index in [0.717, 1.165) is 17.7 Å². The van der Waals surface area contributed by atoms with Gasteiger partial charge in [0.05, 0.1) is 4.34 Å². The van der Waals surface area contributed by atoms with E-state index >= 15 is 0 Å². The molecular formula is C10H14ClNOS. The lowest BCUT2D eigenvalue weighted by Crippen LogP contribution is -2.44. The highest BCUT2D eigenvalue weighted by Gasteiger charge is 2.44. The fourth-order valence-corrected chi connectivity index (χ4v) is 2.90. The zero-order valence-corrected chi connectivity index (χ0v) is 9.61. The lowest BCUT2D eigenvalue weighted by molar-refractivity contribution is 0.0839. The molecular weight excluding hydrogens is 218 g/mol. The van der Waals surface area contributed by atoms with Gasteiger partial charge in [0.2, 0.25) is 0 Å². The van der Waals surface area contributed by atoms with Crippen LogP contribution in [0.1, 0.15) is 30.7 Å². The van der Waals surface area contributed by atoms with Crippen LogP contribution in [0.25, 0.3) is 0 Å². The average molecular weight is 232 g/mol. The molecule has 0 saturated heterocycles. The van der Waals surface area contributed by atoms with Crippen LogP contribution >= 0.6 is 22.9 Å². The van der Waals surface area contributed by atoms with Crippen molar-refractivity contribution in [2.75, 3.05) is 0 Å². The maximum atomic E-state index is 10.1. The third-order valence-electron chi connectivity index (χ3n) is 2.91. The Hall–Kier alpha value is -0.0900. The molecule has 1 fully saturated rings. The molecule has 4 heteroatoms. The van der Waals surface area contributed by atoms with Crippen molar-refractivity contribution in [3.05, 3.63) is 21.3 Å². The van der Waals surface area contributed by atoms with E-state index in [-0.39, 0.29) is 0 Å². The second-order valence-electron chi connectivity index (χ2n) is 4.18. The molecule has 14 heavy (non-hydrogen) atoms. The van der Waals surface area contributed by atoms with Gasteiger partial charge in [0, 0.05) is 10.4 Å². The fraction of sp³-hybridized carbons (Fsp3) is 0.600. The first-order valence-corrected chi connectivity index (χ1v) is 5.93. The van der Waals surface area contributed by atoms with E-state index in [2.05, 4.69) is 0 Å². The summed E-state index contributed by atoms with van der Waals surface area (Å²) in [6.45, 7) is 1.92. The van der Waals surface area contributed by atoms with Crippen molar-refractivity contribution in [3.63, 3.8) is 0 Å². The summed E-state index contributed by atoms with van der Waals surface area (Å²) in [6, 6.07) is 3.65. The summed E-state index contributed by atoms with van der Waals surface area (Å²) < 4.78 is 0.700. The molecule has 1 aromatic rings. The van der Waals surface area contributed by atoms with E-state index in [0.29, 0.717) is 10.3 Å². The minimum absolute atomic E-state index is 0.457. The van der Waals surface area contributed by atoms with Gasteiger partial charge in [-0.15, -0.1) is 11.3 Å². The Bertz CT molecular complexity index is 333. The summed E-state index contributed by atoms with van der Waals surface area (Å²) in [4.78, 5) is 0.868. The monoisotopic (exact) mass is 231 g/mol. The van der Waals surface area contributed by atoms with Gasteiger partial charge in [-0.05, 0) is 37.8 Å². The normalized spacial score (nSPS) is 23.1. The largest absolute Gasteiger partial charge is 0.386 e. The lowest BCUT2D eigenvalue weighted by Gasteiger charge is -2.29. The molecule has 3 N–H and O–H groups in total. The summed E-state index contributed by atoms with van der Waals surface area (Å²) in [5.74, 6) is 0.457. The molecule has 78 valence electrons. The van der Waals surface area contributed by atoms with Crippen molar-refractivity contribution in [2.45, 2.75) is 31.4 Å². The van der Waals surface area contributed by atoms with Gasteiger partial charge >= 0.3 is 0 Å². The smallest absolute Gasteiger partial charge is 0.106 e. The predicted molar refractivity (Wildman–Crippen MR) is 59.6 cm³/mol. The predicted octanol–water partition coefficient (Wildman–Crippen LogP) is 2.56. The Kier molecular flexibility index (Phi) is 2.60. The van der Waals surface area contributed by atoms with Crippen LogP contribution in [0.4, 0.5) is 0 Å². The van der Waals surface area contributed by atoms with Crippen LogP contribution < -0.4 is 5.73 Å². The van der Waals surface area contributed by atoms with Crippen LogP contribution in [0.3, 0.4) is 0 Å². The Labute approximate surface area is 92.7 Å². The SMILES string of the molecule is CC(N)(C1CC1)C(O)c1ccc(Cl)s1. The number of aliphatic hydroxyl groups excluding tert-OH is 1. The van der Waals surface area contributed by atoms with Gasteiger partial charge in [0.15, 0.2) is 0 Å². The van der Waals surface area contributed by atoms with Crippen molar-refractivity contribution < 1.29 is 5.11 Å². The highest BCUT2D eigenvalue weighted by molar-refractivity contribution is 7.16. The molecule has 1 saturated carbocycles. The number of halogens is 1. The van der Waals surface area contributed by atoms with Crippen LogP contribution in [0.2, 0.25) is 4.34 Å². The van der Waals surface area contributed by atoms with Crippen molar-refractivity contribution >= 4 is 22.9 Å². The molecule has 2 nitrogen and oxygen atoms in total. The maximum Gasteiger partial charge on any atom is 0.106 e. The van der Waals surface area contributed by atoms with Crippen molar-refractivity contribution in [1.29, 1.82) is 0 Å². The van der Waals surface area contributed by atoms with Gasteiger partial charge < -0.3 is 10.8 Å². The molecule has 1 heterocycles. The third-order valence-corrected chi connectivity index (χ3v) is 4.19. The summed E-state index contributed by atoms with van der Waals surface area (Å²) in [7, 11) is 0. The van der Waals surface area contributed by atoms with Gasteiger partial charge in [-0.25, -0.2) is 0 Å². The summed E-state index contributed by atoms with van der Waals surface area (Å²) in [5, 5.41) is 10.1. The minimum Gasteiger partial charge on any atom is -0.386 e. The lowest BCUT2D eigenvalue weighted by atomic mass is 9.89. The number of nitrogens with two attached hydrogens (primary N) is 1. The van der Waals surface area contributed by atoms with Crippen molar-refractivity contribution in [3.8, 4) is 0 Å². The molecule has 1 aliphatic rings. The number of rotatable bonds is 3. The fourth-order valence-electron chi connectivity index (χ4n) is 1.71. The highest BCUT2D eigenvalue weighted by atomic mass is 35.5. The Balaban J connectivity index is 2.18. The van der Waals surface area contributed by atoms with Crippen LogP contribution in [-0.2, 0) is 0 Å². The van der Waals surface area contributed by atoms with Crippen molar-refractivity contribution in [2.24, 2.45) is 11.7 Å². The van der Waals surface area contributed by atoms with Crippen LogP contribution in [-0.4, -0.2) is 10.6 Å². The maximum absolute atomic E-state index is 10.1. The second-order valence-corrected chi connectivity index (χ2v) is 5.93. The number of thiophene rings is 1. The van der Waals surface area contributed by atoms with Gasteiger partial charge in [0.1, 0.15) is 6.10 Å². The Morgan fingerprint density at radius 1 is 1.64 bits per heavy atom. The van der Waals surface area contributed by atoms with E-state index in [9.17, 15) is 5.11 Å². The Morgan fingerprint density at radius 2 is 2.29 bits per heavy atom. The molecule has 2 unspecified atom stereocenters. The average Bonchev–Trinajstić information content (AvgIpc) is 2.89. The van der Waals surface area contributed by atoms with E-state index in [1.54, 1.807) is 6.07 Å². The highest BCUT2D eigenvalue weighted by Crippen LogP contribution is 2.45. The minimum atomic E-state index is -0.590. The molecule has 1 aliphatic carbocycles. The van der Waals surface area contributed by atoms with Gasteiger partial charge in [-0.1, -0.05) is 11.6 Å². The summed E-state index contributed by atoms with van der Waals surface area (Å²) in [6.07, 6.45) is 1.67. The first-order valence-electron chi connectivity index (χ1n) is 4.74. The zero-order chi connectivity index (χ0) is 10.3. The quantitative estimate of drug-likeness (QED) is 0.840. The van der Waals surface area contributed by atoms with Crippen LogP contribution in [0.5, 0.6) is 0 Å². The third kappa shape index (κ3) is 1.82. The number of hydrogen-bond acceptors (Lipinski definition) is 3. The van der Waals surface area contributed by atoms with E-state index < -0.39 is 11.6 Å². The Morgan fingerprint density at radius 3 is 2.71 bits per heavy atom. The number of hydrogen-bond donors (Lipinski definition) is 2. The molecule has 1 aromatic heterocycles. The van der Waals surface area contributed by atoms with Crippen LogP contribution in [0, 0.1) is 5.92 Å². The molecule has 0 amide bonds. The van der Waals surface area contributed by atoms with Gasteiger partial charge in [-0.2, -0.15) is 0 Å². The zero-order valence-electron chi connectivity index (χ0n) is 8.03. The summed E-state index contributed by atoms with van der Waals surface area (Å²) >= 11 is 7.22. The van der Waals surface area contributed by atoms with Gasteiger partial charge in [-0.3, -0.25) is 0 Å². The topological polar surface area (TPSA) is 46.2 Å². The van der Waals surface area contributed by atoms with Crippen LogP contribution in [0.15, 0.2) is 12.1 Å². The van der Waals surface area contributed by atoms with Gasteiger partial charge in [0.25, 0.3) is 0 Å². The van der Waals surface area contributed by atoms with E-state index in [4.69, 9.17) is 17.3 Å². The number of aliphatic hydroxyl groups is 1. The summed E-state index contributed by atoms with van der Waals surface area (Å²) in [5.41, 5.74) is 5.61. The first kappa shape index (κ1) is 10.4. The molecule has 2 atom stereocenters. The van der Waals surface area contributed by atoms with E-state index in [1.807, 2.05) is 13.0 Å². The molecule has 2 rings (SSSR count). The molecule has 0 bridgehead atoms. The van der Waals surface area contributed by atoms with E-state index in [1.165, 1.54) is 11.3 Å². The molecule has 0 radical (unpaired) electrons. The first-order chi connectivity index (χ1) is 6.51. The standard InChI is InChI=1S/C10H14ClNOS/c1-10(12,6-2-3-6)9(13)7-4-5-8(11)14-7/h4-6,9,13H,2-3,12H2,1H3. The molecule has 0 aliphatic heterocycles. The second kappa shape index (κ2) is 3.49. The molecule has 0 spiro atoms. The van der Waals surface area contributed by atoms with Crippen molar-refractivity contribution in [1.82, 2.24) is 0 Å².